The molecule has 424 valence electrons. The molecule has 0 saturated heterocycles. The number of nitrogens with one attached hydrogen (secondary N) is 5. The standard InChI is InChI=1S/C7H6N2.C5H5N.3C4H4N2.2C4H5N.2C4H4O.C4H4S.3C3H4N2.2C3H3NO/c1-2-4-7-6(3-1)8-5-9-7;1-2-4-6-5-3-1;1-2-6-4-3-5-1;2*1-2-5-4-6-3-1;5*1-2-4-5-3-1;2*1-2-5-3-4-1;1-2-4-5-3-1;2*1-2-5-3-4-1/h1-5H,(H,8,9);1-5H;3*1-4H;1,3-4H,2H2;1-5H;3*1-4H;3*1-3H,(H,4,5);2*1-3H. The first kappa shape index (κ1) is 67.2. The van der Waals surface area contributed by atoms with Crippen LogP contribution in [0.25, 0.3) is 11.0 Å². The first-order chi connectivity index (χ1) is 41.5. The highest BCUT2D eigenvalue weighted by Crippen LogP contribution is 2.05. The summed E-state index contributed by atoms with van der Waals surface area (Å²) in [6.45, 7) is 0. The molecule has 1 aliphatic heterocycles. The number of pyridine rings is 1. The van der Waals surface area contributed by atoms with E-state index in [1.54, 1.807) is 185 Å². The molecular weight excluding hydrogens is 1070 g/mol. The van der Waals surface area contributed by atoms with Gasteiger partial charge in [-0.1, -0.05) is 36.4 Å². The maximum Gasteiger partial charge on any atom is 0.180 e. The first-order valence-electron chi connectivity index (χ1n) is 24.4. The second-order valence-electron chi connectivity index (χ2n) is 13.5. The number of benzene rings is 1. The molecule has 16 rings (SSSR count). The number of aliphatic imine (C=N–C) groups is 1. The van der Waals surface area contributed by atoms with Crippen molar-refractivity contribution >= 4 is 28.6 Å². The number of nitrogens with zero attached hydrogens (tertiary/aromatic N) is 14. The van der Waals surface area contributed by atoms with Gasteiger partial charge in [0.05, 0.1) is 67.5 Å². The number of rotatable bonds is 0. The Balaban J connectivity index is 0.000000305. The molecule has 0 unspecified atom stereocenters. The highest BCUT2D eigenvalue weighted by atomic mass is 32.1. The zero-order valence-electron chi connectivity index (χ0n) is 44.8. The lowest BCUT2D eigenvalue weighted by atomic mass is 10.3. The quantitative estimate of drug-likeness (QED) is 0.0942. The van der Waals surface area contributed by atoms with Crippen LogP contribution in [-0.2, 0) is 0 Å². The molecule has 1 aromatic carbocycles. The van der Waals surface area contributed by atoms with E-state index in [-0.39, 0.29) is 0 Å². The molecule has 5 N–H and O–H groups in total. The zero-order valence-corrected chi connectivity index (χ0v) is 45.7. The van der Waals surface area contributed by atoms with Crippen LogP contribution >= 0.6 is 11.3 Å². The van der Waals surface area contributed by atoms with E-state index in [4.69, 9.17) is 0 Å². The third kappa shape index (κ3) is 51.9. The number of furan rings is 2. The van der Waals surface area contributed by atoms with E-state index in [2.05, 4.69) is 113 Å². The largest absolute Gasteiger partial charge is 0.473 e. The Morgan fingerprint density at radius 2 is 0.916 bits per heavy atom. The van der Waals surface area contributed by atoms with Gasteiger partial charge in [0.25, 0.3) is 0 Å². The Bertz CT molecular complexity index is 2450. The number of para-hydroxylation sites is 2. The summed E-state index contributed by atoms with van der Waals surface area (Å²) in [4.78, 5) is 59.6. The Morgan fingerprint density at radius 3 is 1.13 bits per heavy atom. The summed E-state index contributed by atoms with van der Waals surface area (Å²) in [5.74, 6) is 0. The lowest BCUT2D eigenvalue weighted by Crippen LogP contribution is -1.66. The Labute approximate surface area is 483 Å². The number of thiophene rings is 1. The number of imidazole rings is 3. The predicted octanol–water partition coefficient (Wildman–Crippen LogP) is 12.9. The molecule has 23 nitrogen and oxygen atoms in total. The molecule has 0 spiro atoms. The van der Waals surface area contributed by atoms with E-state index in [1.807, 2.05) is 133 Å². The van der Waals surface area contributed by atoms with Gasteiger partial charge < -0.3 is 37.6 Å². The van der Waals surface area contributed by atoms with Gasteiger partial charge in [-0.05, 0) is 89.6 Å². The molecule has 0 aliphatic carbocycles. The SMILES string of the molecule is C1=CN=CC1.c1c[nH]cn1.c1c[nH]cn1.c1cc[nH]c1.c1ccc2[nH]cnc2c1.c1ccncc1.c1ccoc1.c1ccoc1.c1ccsc1.c1cn[nH]c1.c1cnccn1.c1cncnc1.c1cncnc1.c1cocn1.c1cocn1. The fourth-order valence-corrected chi connectivity index (χ4v) is 4.67. The van der Waals surface area contributed by atoms with Crippen LogP contribution in [0.4, 0.5) is 0 Å². The summed E-state index contributed by atoms with van der Waals surface area (Å²) in [6.07, 6.45) is 61.0. The minimum Gasteiger partial charge on any atom is -0.473 e. The van der Waals surface area contributed by atoms with Gasteiger partial charge in [0, 0.05) is 130 Å². The number of oxazole rings is 2. The Hall–Kier alpha value is -11.9. The molecular formula is C59H63N19O4S. The molecule has 15 aromatic rings. The molecule has 0 fully saturated rings. The summed E-state index contributed by atoms with van der Waals surface area (Å²) in [6, 6.07) is 34.3. The number of allylic oxidation sites excluding steroid dienone is 1. The van der Waals surface area contributed by atoms with E-state index in [0.29, 0.717) is 0 Å². The second-order valence-corrected chi connectivity index (χ2v) is 14.3. The lowest BCUT2D eigenvalue weighted by molar-refractivity contribution is 0.557. The molecule has 0 atom stereocenters. The van der Waals surface area contributed by atoms with Crippen LogP contribution in [0.2, 0.25) is 0 Å². The minimum atomic E-state index is 1.03. The van der Waals surface area contributed by atoms with Gasteiger partial charge in [-0.2, -0.15) is 16.4 Å². The van der Waals surface area contributed by atoms with Crippen molar-refractivity contribution in [2.75, 3.05) is 0 Å². The molecule has 1 aliphatic rings. The van der Waals surface area contributed by atoms with Gasteiger partial charge in [-0.3, -0.25) is 25.0 Å². The number of hydrogen-bond acceptors (Lipinski definition) is 19. The van der Waals surface area contributed by atoms with E-state index >= 15 is 0 Å². The topological polar surface area (TPSA) is 311 Å². The second kappa shape index (κ2) is 59.3. The van der Waals surface area contributed by atoms with Crippen molar-refractivity contribution in [2.45, 2.75) is 6.42 Å². The van der Waals surface area contributed by atoms with E-state index in [1.165, 1.54) is 38.0 Å². The monoisotopic (exact) mass is 1130 g/mol. The zero-order chi connectivity index (χ0) is 58.4. The van der Waals surface area contributed by atoms with Crippen LogP contribution in [0.15, 0.2) is 361 Å². The van der Waals surface area contributed by atoms with Crippen molar-refractivity contribution in [3.63, 3.8) is 0 Å². The van der Waals surface area contributed by atoms with Crippen LogP contribution in [0.5, 0.6) is 0 Å². The van der Waals surface area contributed by atoms with Gasteiger partial charge in [0.2, 0.25) is 0 Å². The van der Waals surface area contributed by atoms with Crippen molar-refractivity contribution in [1.29, 1.82) is 0 Å². The predicted molar refractivity (Wildman–Crippen MR) is 320 cm³/mol. The normalized spacial score (nSPS) is 8.82. The van der Waals surface area contributed by atoms with Crippen LogP contribution < -0.4 is 0 Å². The smallest absolute Gasteiger partial charge is 0.180 e. The molecule has 24 heteroatoms. The molecule has 83 heavy (non-hydrogen) atoms. The number of aromatic nitrogens is 18. The minimum absolute atomic E-state index is 1.03. The van der Waals surface area contributed by atoms with Gasteiger partial charge in [-0.15, -0.1) is 0 Å². The molecule has 0 amide bonds. The molecule has 15 heterocycles. The lowest BCUT2D eigenvalue weighted by Gasteiger charge is -1.81. The number of H-pyrrole nitrogens is 5. The van der Waals surface area contributed by atoms with Crippen LogP contribution in [0, 0.1) is 0 Å². The maximum atomic E-state index is 4.58. The summed E-state index contributed by atoms with van der Waals surface area (Å²) in [7, 11) is 0. The van der Waals surface area contributed by atoms with E-state index in [9.17, 15) is 0 Å². The highest BCUT2D eigenvalue weighted by molar-refractivity contribution is 7.07. The molecule has 0 saturated carbocycles. The number of hydrogen-bond donors (Lipinski definition) is 5. The van der Waals surface area contributed by atoms with Crippen LogP contribution in [0.1, 0.15) is 6.42 Å². The highest BCUT2D eigenvalue weighted by Gasteiger charge is 1.88. The first-order valence-corrected chi connectivity index (χ1v) is 25.3. The third-order valence-electron chi connectivity index (χ3n) is 7.55. The van der Waals surface area contributed by atoms with Crippen molar-refractivity contribution in [1.82, 2.24) is 89.9 Å². The third-order valence-corrected chi connectivity index (χ3v) is 8.18. The Kier molecular flexibility index (Phi) is 48.0. The van der Waals surface area contributed by atoms with Crippen molar-refractivity contribution in [3.05, 3.63) is 338 Å². The fraction of sp³-hybridized carbons (Fsp3) is 0.0169. The number of aromatic amines is 5. The van der Waals surface area contributed by atoms with Crippen molar-refractivity contribution in [3.8, 4) is 0 Å². The summed E-state index contributed by atoms with van der Waals surface area (Å²) >= 11 is 1.71. The maximum absolute atomic E-state index is 4.58. The molecule has 0 radical (unpaired) electrons. The molecule has 0 bridgehead atoms. The van der Waals surface area contributed by atoms with Crippen molar-refractivity contribution in [2.24, 2.45) is 4.99 Å². The Morgan fingerprint density at radius 1 is 0.373 bits per heavy atom. The molecule has 14 aromatic heterocycles. The average Bonchev–Trinajstić information content (AvgIpc) is 4.41. The van der Waals surface area contributed by atoms with Crippen LogP contribution in [-0.4, -0.2) is 96.2 Å². The average molecular weight is 1130 g/mol. The van der Waals surface area contributed by atoms with Gasteiger partial charge in [-0.25, -0.2) is 44.9 Å². The van der Waals surface area contributed by atoms with Crippen molar-refractivity contribution < 1.29 is 17.7 Å². The van der Waals surface area contributed by atoms with Gasteiger partial charge >= 0.3 is 0 Å². The van der Waals surface area contributed by atoms with Gasteiger partial charge in [0.1, 0.15) is 25.2 Å². The van der Waals surface area contributed by atoms with E-state index in [0.717, 1.165) is 17.5 Å². The summed E-state index contributed by atoms with van der Waals surface area (Å²) in [5, 5.41) is 10.3. The van der Waals surface area contributed by atoms with Gasteiger partial charge in [0.15, 0.2) is 12.8 Å². The van der Waals surface area contributed by atoms with Crippen LogP contribution in [0.3, 0.4) is 0 Å². The summed E-state index contributed by atoms with van der Waals surface area (Å²) < 4.78 is 18.1. The number of fused-ring (bicyclic) bond motifs is 1. The fourth-order valence-electron chi connectivity index (χ4n) is 4.21. The van der Waals surface area contributed by atoms with E-state index < -0.39 is 0 Å². The summed E-state index contributed by atoms with van der Waals surface area (Å²) in [5.41, 5.74) is 2.12.